The summed E-state index contributed by atoms with van der Waals surface area (Å²) in [6, 6.07) is 8.93. The lowest BCUT2D eigenvalue weighted by Crippen LogP contribution is -2.47. The fourth-order valence-electron chi connectivity index (χ4n) is 3.77. The van der Waals surface area contributed by atoms with Gasteiger partial charge >= 0.3 is 0 Å². The molecule has 0 radical (unpaired) electrons. The zero-order valence-corrected chi connectivity index (χ0v) is 19.7. The Balaban J connectivity index is 1.95. The van der Waals surface area contributed by atoms with E-state index < -0.39 is 15.8 Å². The highest BCUT2D eigenvalue weighted by molar-refractivity contribution is 7.92. The van der Waals surface area contributed by atoms with E-state index in [1.54, 1.807) is 30.0 Å². The second kappa shape index (κ2) is 10.5. The number of fused-ring (bicyclic) bond motifs is 1. The highest BCUT2D eigenvalue weighted by atomic mass is 32.2. The molecule has 0 aliphatic carbocycles. The molecule has 1 aliphatic heterocycles. The van der Waals surface area contributed by atoms with Gasteiger partial charge in [-0.25, -0.2) is 12.8 Å². The average molecular weight is 480 g/mol. The smallest absolute Gasteiger partial charge is 0.261 e. The van der Waals surface area contributed by atoms with Crippen LogP contribution in [0.5, 0.6) is 5.75 Å². The van der Waals surface area contributed by atoms with Crippen LogP contribution in [0.2, 0.25) is 0 Å². The SMILES string of the molecule is CNC[C@@H]1Oc2ccc(NS(=O)(=O)c3ccc(F)cc3)cc2CC(=O)N([C@H](C)CO)C[C@H]1C. The van der Waals surface area contributed by atoms with Crippen molar-refractivity contribution in [3.8, 4) is 5.75 Å². The van der Waals surface area contributed by atoms with Crippen molar-refractivity contribution < 1.29 is 27.4 Å². The normalized spacial score (nSPS) is 20.2. The number of hydrogen-bond donors (Lipinski definition) is 3. The van der Waals surface area contributed by atoms with Crippen LogP contribution >= 0.6 is 0 Å². The largest absolute Gasteiger partial charge is 0.488 e. The zero-order valence-electron chi connectivity index (χ0n) is 18.9. The van der Waals surface area contributed by atoms with Gasteiger partial charge in [-0.05, 0) is 56.4 Å². The Morgan fingerprint density at radius 3 is 2.58 bits per heavy atom. The van der Waals surface area contributed by atoms with Crippen LogP contribution in [0.1, 0.15) is 19.4 Å². The predicted molar refractivity (Wildman–Crippen MR) is 123 cm³/mol. The Morgan fingerprint density at radius 2 is 1.94 bits per heavy atom. The monoisotopic (exact) mass is 479 g/mol. The van der Waals surface area contributed by atoms with Crippen molar-refractivity contribution in [3.63, 3.8) is 0 Å². The summed E-state index contributed by atoms with van der Waals surface area (Å²) in [6.07, 6.45) is -0.250. The molecule has 0 unspecified atom stereocenters. The van der Waals surface area contributed by atoms with Crippen molar-refractivity contribution in [2.75, 3.05) is 31.5 Å². The Labute approximate surface area is 193 Å². The number of nitrogens with one attached hydrogen (secondary N) is 2. The molecule has 3 N–H and O–H groups in total. The third-order valence-electron chi connectivity index (χ3n) is 5.70. The highest BCUT2D eigenvalue weighted by Gasteiger charge is 2.30. The quantitative estimate of drug-likeness (QED) is 0.561. The van der Waals surface area contributed by atoms with Gasteiger partial charge in [0.05, 0.1) is 24.0 Å². The molecule has 1 heterocycles. The minimum atomic E-state index is -3.95. The van der Waals surface area contributed by atoms with Crippen LogP contribution in [0.25, 0.3) is 0 Å². The van der Waals surface area contributed by atoms with Crippen molar-refractivity contribution in [3.05, 3.63) is 53.8 Å². The lowest BCUT2D eigenvalue weighted by Gasteiger charge is -2.32. The highest BCUT2D eigenvalue weighted by Crippen LogP contribution is 2.29. The number of sulfonamides is 1. The Bertz CT molecular complexity index is 1080. The van der Waals surface area contributed by atoms with E-state index in [9.17, 15) is 22.7 Å². The average Bonchev–Trinajstić information content (AvgIpc) is 2.81. The predicted octanol–water partition coefficient (Wildman–Crippen LogP) is 1.99. The first-order valence-corrected chi connectivity index (χ1v) is 12.3. The number of carbonyl (C=O) groups is 1. The minimum Gasteiger partial charge on any atom is -0.488 e. The maximum absolute atomic E-state index is 13.2. The number of amides is 1. The first kappa shape index (κ1) is 24.9. The van der Waals surface area contributed by atoms with Crippen LogP contribution in [0.4, 0.5) is 10.1 Å². The third kappa shape index (κ3) is 6.01. The van der Waals surface area contributed by atoms with Crippen molar-refractivity contribution in [2.24, 2.45) is 5.92 Å². The summed E-state index contributed by atoms with van der Waals surface area (Å²) in [6.45, 7) is 4.58. The molecule has 10 heteroatoms. The van der Waals surface area contributed by atoms with Gasteiger partial charge in [0.25, 0.3) is 10.0 Å². The molecular weight excluding hydrogens is 449 g/mol. The van der Waals surface area contributed by atoms with Gasteiger partial charge in [-0.1, -0.05) is 6.92 Å². The number of carbonyl (C=O) groups excluding carboxylic acids is 1. The summed E-state index contributed by atoms with van der Waals surface area (Å²) in [5.41, 5.74) is 0.790. The fraction of sp³-hybridized carbons (Fsp3) is 0.435. The molecule has 3 rings (SSSR count). The van der Waals surface area contributed by atoms with Crippen LogP contribution < -0.4 is 14.8 Å². The van der Waals surface area contributed by atoms with Crippen LogP contribution in [-0.4, -0.2) is 63.2 Å². The number of ether oxygens (including phenoxy) is 1. The second-order valence-electron chi connectivity index (χ2n) is 8.33. The van der Waals surface area contributed by atoms with E-state index in [0.717, 1.165) is 12.1 Å². The summed E-state index contributed by atoms with van der Waals surface area (Å²) in [5.74, 6) is -0.234. The van der Waals surface area contributed by atoms with E-state index in [1.807, 2.05) is 14.0 Å². The molecule has 8 nitrogen and oxygen atoms in total. The van der Waals surface area contributed by atoms with E-state index in [2.05, 4.69) is 10.0 Å². The first-order valence-electron chi connectivity index (χ1n) is 10.8. The number of hydrogen-bond acceptors (Lipinski definition) is 6. The van der Waals surface area contributed by atoms with Gasteiger partial charge in [0.15, 0.2) is 0 Å². The molecule has 1 amide bonds. The second-order valence-corrected chi connectivity index (χ2v) is 10.0. The fourth-order valence-corrected chi connectivity index (χ4v) is 4.82. The molecule has 3 atom stereocenters. The van der Waals surface area contributed by atoms with E-state index >= 15 is 0 Å². The van der Waals surface area contributed by atoms with Crippen LogP contribution in [-0.2, 0) is 21.2 Å². The van der Waals surface area contributed by atoms with E-state index in [4.69, 9.17) is 4.74 Å². The van der Waals surface area contributed by atoms with Crippen LogP contribution in [0, 0.1) is 11.7 Å². The maximum atomic E-state index is 13.2. The minimum absolute atomic E-state index is 0.00914. The number of aliphatic hydroxyl groups is 1. The molecule has 0 fully saturated rings. The van der Waals surface area contributed by atoms with E-state index in [0.29, 0.717) is 24.4 Å². The van der Waals surface area contributed by atoms with Gasteiger partial charge in [-0.2, -0.15) is 0 Å². The van der Waals surface area contributed by atoms with Gasteiger partial charge in [-0.3, -0.25) is 9.52 Å². The summed E-state index contributed by atoms with van der Waals surface area (Å²) in [4.78, 5) is 14.7. The van der Waals surface area contributed by atoms with E-state index in [-0.39, 0.29) is 47.6 Å². The van der Waals surface area contributed by atoms with Crippen molar-refractivity contribution in [1.82, 2.24) is 10.2 Å². The Morgan fingerprint density at radius 1 is 1.24 bits per heavy atom. The lowest BCUT2D eigenvalue weighted by atomic mass is 10.0. The standard InChI is InChI=1S/C23H30FN3O5S/c1-15-13-27(16(2)14-28)23(29)11-17-10-19(6-9-21(17)32-22(15)12-25-3)26-33(30,31)20-7-4-18(24)5-8-20/h4-10,15-16,22,25-26,28H,11-14H2,1-3H3/t15-,16-,22+/m1/s1. The summed E-state index contributed by atoms with van der Waals surface area (Å²) in [7, 11) is -2.13. The molecule has 33 heavy (non-hydrogen) atoms. The zero-order chi connectivity index (χ0) is 24.2. The number of nitrogens with zero attached hydrogens (tertiary/aromatic N) is 1. The first-order chi connectivity index (χ1) is 15.6. The summed E-state index contributed by atoms with van der Waals surface area (Å²) < 4.78 is 47.3. The van der Waals surface area contributed by atoms with Crippen LogP contribution in [0.15, 0.2) is 47.4 Å². The van der Waals surface area contributed by atoms with Gasteiger partial charge in [0.2, 0.25) is 5.91 Å². The molecule has 0 saturated carbocycles. The number of anilines is 1. The molecular formula is C23H30FN3O5S. The number of likely N-dealkylation sites (N-methyl/N-ethyl adjacent to an activating group) is 1. The Kier molecular flexibility index (Phi) is 7.93. The Hall–Kier alpha value is -2.69. The third-order valence-corrected chi connectivity index (χ3v) is 7.10. The van der Waals surface area contributed by atoms with Crippen molar-refractivity contribution in [2.45, 2.75) is 37.3 Å². The molecule has 0 bridgehead atoms. The number of halogens is 1. The van der Waals surface area contributed by atoms with Gasteiger partial charge in [-0.15, -0.1) is 0 Å². The summed E-state index contributed by atoms with van der Waals surface area (Å²) >= 11 is 0. The molecule has 0 saturated heterocycles. The molecule has 0 aromatic heterocycles. The van der Waals surface area contributed by atoms with Gasteiger partial charge in [0, 0.05) is 30.3 Å². The number of rotatable bonds is 7. The number of benzene rings is 2. The van der Waals surface area contributed by atoms with Crippen LogP contribution in [0.3, 0.4) is 0 Å². The molecule has 2 aromatic rings. The molecule has 1 aliphatic rings. The summed E-state index contributed by atoms with van der Waals surface area (Å²) in [5, 5.41) is 12.8. The van der Waals surface area contributed by atoms with Gasteiger partial charge < -0.3 is 20.1 Å². The topological polar surface area (TPSA) is 108 Å². The van der Waals surface area contributed by atoms with Crippen molar-refractivity contribution in [1.29, 1.82) is 0 Å². The van der Waals surface area contributed by atoms with Gasteiger partial charge in [0.1, 0.15) is 17.7 Å². The van der Waals surface area contributed by atoms with E-state index in [1.165, 1.54) is 12.1 Å². The van der Waals surface area contributed by atoms with Crippen molar-refractivity contribution >= 4 is 21.6 Å². The number of aliphatic hydroxyl groups excluding tert-OH is 1. The molecule has 2 aromatic carbocycles. The maximum Gasteiger partial charge on any atom is 0.261 e. The molecule has 0 spiro atoms. The lowest BCUT2D eigenvalue weighted by molar-refractivity contribution is -0.134. The molecule has 180 valence electrons.